The molecule has 0 aliphatic rings. The van der Waals surface area contributed by atoms with Crippen LogP contribution in [0.25, 0.3) is 0 Å². The topological polar surface area (TPSA) is 54.4 Å². The smallest absolute Gasteiger partial charge is 0.346 e. The highest BCUT2D eigenvalue weighted by Gasteiger charge is 2.27. The first-order chi connectivity index (χ1) is 7.27. The first-order valence-corrected chi connectivity index (χ1v) is 5.91. The lowest BCUT2D eigenvalue weighted by Gasteiger charge is -2.27. The van der Waals surface area contributed by atoms with Gasteiger partial charge in [-0.2, -0.15) is 0 Å². The maximum absolute atomic E-state index is 11.1. The van der Waals surface area contributed by atoms with Gasteiger partial charge < -0.3 is 5.11 Å². The fourth-order valence-electron chi connectivity index (χ4n) is 1.44. The van der Waals surface area contributed by atoms with Crippen molar-refractivity contribution < 1.29 is 14.7 Å². The van der Waals surface area contributed by atoms with Gasteiger partial charge in [-0.3, -0.25) is 4.79 Å². The average molecular weight is 240 g/mol. The van der Waals surface area contributed by atoms with Crippen molar-refractivity contribution >= 4 is 23.6 Å². The summed E-state index contributed by atoms with van der Waals surface area (Å²) in [6, 6.07) is 1.69. The minimum atomic E-state index is -0.954. The van der Waals surface area contributed by atoms with Crippen LogP contribution in [0.15, 0.2) is 6.07 Å². The zero-order chi connectivity index (χ0) is 12.5. The lowest BCUT2D eigenvalue weighted by Crippen LogP contribution is -2.16. The Morgan fingerprint density at radius 1 is 1.50 bits per heavy atom. The minimum absolute atomic E-state index is 0.0224. The Labute approximate surface area is 99.1 Å². The Morgan fingerprint density at radius 3 is 2.44 bits per heavy atom. The predicted molar refractivity (Wildman–Crippen MR) is 64.5 cm³/mol. The van der Waals surface area contributed by atoms with Gasteiger partial charge in [0.1, 0.15) is 4.88 Å². The van der Waals surface area contributed by atoms with Crippen LogP contribution in [0, 0.1) is 5.41 Å². The number of hydrogen-bond donors (Lipinski definition) is 1. The van der Waals surface area contributed by atoms with E-state index in [1.807, 2.05) is 6.92 Å². The van der Waals surface area contributed by atoms with Gasteiger partial charge in [-0.15, -0.1) is 11.3 Å². The molecule has 0 amide bonds. The molecule has 1 atom stereocenters. The van der Waals surface area contributed by atoms with Crippen molar-refractivity contribution in [3.05, 3.63) is 21.4 Å². The maximum atomic E-state index is 11.1. The van der Waals surface area contributed by atoms with Crippen LogP contribution in [0.3, 0.4) is 0 Å². The Bertz CT molecular complexity index is 412. The number of hydrogen-bond acceptors (Lipinski definition) is 3. The summed E-state index contributed by atoms with van der Waals surface area (Å²) in [6.07, 6.45) is 0.704. The van der Waals surface area contributed by atoms with Crippen LogP contribution in [0.2, 0.25) is 0 Å². The van der Waals surface area contributed by atoms with Crippen LogP contribution in [0.1, 0.15) is 58.5 Å². The maximum Gasteiger partial charge on any atom is 0.346 e. The highest BCUT2D eigenvalue weighted by atomic mass is 32.1. The van der Waals surface area contributed by atoms with Gasteiger partial charge in [0.05, 0.1) is 4.88 Å². The summed E-state index contributed by atoms with van der Waals surface area (Å²) in [5.74, 6) is -0.854. The number of thiophene rings is 1. The zero-order valence-electron chi connectivity index (χ0n) is 9.90. The summed E-state index contributed by atoms with van der Waals surface area (Å²) in [5, 5.41) is 9.08. The zero-order valence-corrected chi connectivity index (χ0v) is 10.7. The third-order valence-corrected chi connectivity index (χ3v) is 3.92. The van der Waals surface area contributed by atoms with E-state index in [4.69, 9.17) is 5.11 Å². The second-order valence-electron chi connectivity index (χ2n) is 4.94. The quantitative estimate of drug-likeness (QED) is 0.824. The van der Waals surface area contributed by atoms with E-state index >= 15 is 0 Å². The third-order valence-electron chi connectivity index (χ3n) is 2.86. The molecule has 0 aliphatic carbocycles. The van der Waals surface area contributed by atoms with Gasteiger partial charge in [0.2, 0.25) is 0 Å². The van der Waals surface area contributed by atoms with Crippen molar-refractivity contribution in [3.8, 4) is 0 Å². The third kappa shape index (κ3) is 2.50. The van der Waals surface area contributed by atoms with Crippen molar-refractivity contribution in [2.75, 3.05) is 0 Å². The largest absolute Gasteiger partial charge is 0.477 e. The normalized spacial score (nSPS) is 13.5. The van der Waals surface area contributed by atoms with Crippen molar-refractivity contribution in [1.29, 1.82) is 0 Å². The van der Waals surface area contributed by atoms with Gasteiger partial charge in [-0.05, 0) is 23.0 Å². The molecule has 16 heavy (non-hydrogen) atoms. The van der Waals surface area contributed by atoms with Crippen LogP contribution < -0.4 is 0 Å². The lowest BCUT2D eigenvalue weighted by atomic mass is 9.78. The molecule has 1 unspecified atom stereocenters. The molecule has 0 radical (unpaired) electrons. The average Bonchev–Trinajstić information content (AvgIpc) is 2.58. The molecule has 1 heterocycles. The first-order valence-electron chi connectivity index (χ1n) is 5.09. The summed E-state index contributed by atoms with van der Waals surface area (Å²) in [4.78, 5) is 22.5. The van der Waals surface area contributed by atoms with E-state index < -0.39 is 5.97 Å². The standard InChI is InChI=1S/C12H16O3S/c1-7(12(2,3)4)9-5-8(6-13)16-10(9)11(14)15/h5-7H,1-4H3,(H,14,15). The SMILES string of the molecule is CC(c1cc(C=O)sc1C(=O)O)C(C)(C)C. The first kappa shape index (κ1) is 12.9. The Morgan fingerprint density at radius 2 is 2.06 bits per heavy atom. The molecule has 0 saturated heterocycles. The summed E-state index contributed by atoms with van der Waals surface area (Å²) >= 11 is 1.04. The number of aldehydes is 1. The van der Waals surface area contributed by atoms with Crippen LogP contribution in [-0.2, 0) is 0 Å². The molecule has 0 aliphatic heterocycles. The molecule has 88 valence electrons. The van der Waals surface area contributed by atoms with Gasteiger partial charge >= 0.3 is 5.97 Å². The predicted octanol–water partition coefficient (Wildman–Crippen LogP) is 3.41. The molecule has 4 heteroatoms. The van der Waals surface area contributed by atoms with Crippen molar-refractivity contribution in [1.82, 2.24) is 0 Å². The Kier molecular flexibility index (Phi) is 3.53. The molecule has 1 rings (SSSR count). The van der Waals surface area contributed by atoms with Gasteiger partial charge in [0.15, 0.2) is 6.29 Å². The van der Waals surface area contributed by atoms with Crippen LogP contribution in [0.4, 0.5) is 0 Å². The number of carboxylic acids is 1. The minimum Gasteiger partial charge on any atom is -0.477 e. The molecule has 1 N–H and O–H groups in total. The van der Waals surface area contributed by atoms with E-state index in [0.29, 0.717) is 11.2 Å². The molecule has 1 aromatic heterocycles. The molecular formula is C12H16O3S. The van der Waals surface area contributed by atoms with Crippen molar-refractivity contribution in [3.63, 3.8) is 0 Å². The summed E-state index contributed by atoms with van der Waals surface area (Å²) in [6.45, 7) is 8.16. The van der Waals surface area contributed by atoms with Gasteiger partial charge in [-0.1, -0.05) is 27.7 Å². The summed E-state index contributed by atoms with van der Waals surface area (Å²) in [5.41, 5.74) is 0.734. The molecule has 0 aromatic carbocycles. The van der Waals surface area contributed by atoms with Crippen molar-refractivity contribution in [2.45, 2.75) is 33.6 Å². The van der Waals surface area contributed by atoms with Crippen molar-refractivity contribution in [2.24, 2.45) is 5.41 Å². The van der Waals surface area contributed by atoms with E-state index in [0.717, 1.165) is 16.9 Å². The lowest BCUT2D eigenvalue weighted by molar-refractivity contribution is 0.0700. The molecule has 0 saturated carbocycles. The van der Waals surface area contributed by atoms with E-state index in [-0.39, 0.29) is 16.2 Å². The van der Waals surface area contributed by atoms with E-state index in [1.54, 1.807) is 6.07 Å². The molecule has 1 aromatic rings. The Balaban J connectivity index is 3.26. The second-order valence-corrected chi connectivity index (χ2v) is 6.03. The molecular weight excluding hydrogens is 224 g/mol. The van der Waals surface area contributed by atoms with Gasteiger partial charge in [0, 0.05) is 0 Å². The molecule has 0 bridgehead atoms. The fourth-order valence-corrected chi connectivity index (χ4v) is 2.35. The fraction of sp³-hybridized carbons (Fsp3) is 0.500. The number of carbonyl (C=O) groups excluding carboxylic acids is 1. The monoisotopic (exact) mass is 240 g/mol. The molecule has 3 nitrogen and oxygen atoms in total. The van der Waals surface area contributed by atoms with Gasteiger partial charge in [-0.25, -0.2) is 4.79 Å². The van der Waals surface area contributed by atoms with E-state index in [2.05, 4.69) is 20.8 Å². The number of carbonyl (C=O) groups is 2. The highest BCUT2D eigenvalue weighted by Crippen LogP contribution is 2.38. The van der Waals surface area contributed by atoms with Gasteiger partial charge in [0.25, 0.3) is 0 Å². The highest BCUT2D eigenvalue weighted by molar-refractivity contribution is 7.15. The van der Waals surface area contributed by atoms with Crippen LogP contribution >= 0.6 is 11.3 Å². The van der Waals surface area contributed by atoms with E-state index in [1.165, 1.54) is 0 Å². The molecule has 0 spiro atoms. The van der Waals surface area contributed by atoms with Crippen LogP contribution in [-0.4, -0.2) is 17.4 Å². The Hall–Kier alpha value is -1.16. The second kappa shape index (κ2) is 4.37. The van der Waals surface area contributed by atoms with E-state index in [9.17, 15) is 9.59 Å². The van der Waals surface area contributed by atoms with Crippen LogP contribution in [0.5, 0.6) is 0 Å². The molecule has 0 fully saturated rings. The number of carboxylic acid groups (broad SMARTS) is 1. The summed E-state index contributed by atoms with van der Waals surface area (Å²) in [7, 11) is 0. The number of rotatable bonds is 3. The number of aromatic carboxylic acids is 1. The summed E-state index contributed by atoms with van der Waals surface area (Å²) < 4.78 is 0.